The second-order valence-electron chi connectivity index (χ2n) is 3.96. The van der Waals surface area contributed by atoms with E-state index in [9.17, 15) is 0 Å². The Kier molecular flexibility index (Phi) is 4.50. The fraction of sp³-hybridized carbons (Fsp3) is 0.636. The molecular formula is C11H18N2S2. The highest BCUT2D eigenvalue weighted by Gasteiger charge is 2.23. The largest absolute Gasteiger partial charge is 0.271 e. The summed E-state index contributed by atoms with van der Waals surface area (Å²) in [5, 5.41) is 2.84. The lowest BCUT2D eigenvalue weighted by Crippen LogP contribution is -2.44. The van der Waals surface area contributed by atoms with Crippen LogP contribution in [0.4, 0.5) is 0 Å². The van der Waals surface area contributed by atoms with Gasteiger partial charge in [0.1, 0.15) is 0 Å². The summed E-state index contributed by atoms with van der Waals surface area (Å²) in [4.78, 5) is 1.43. The number of hydrazine groups is 1. The van der Waals surface area contributed by atoms with Gasteiger partial charge in [-0.05, 0) is 36.5 Å². The Morgan fingerprint density at radius 3 is 3.07 bits per heavy atom. The summed E-state index contributed by atoms with van der Waals surface area (Å²) < 4.78 is 0. The molecule has 2 nitrogen and oxygen atoms in total. The first kappa shape index (κ1) is 11.5. The van der Waals surface area contributed by atoms with Crippen molar-refractivity contribution in [1.82, 2.24) is 5.43 Å². The molecule has 0 aliphatic carbocycles. The van der Waals surface area contributed by atoms with Gasteiger partial charge in [0.05, 0.1) is 0 Å². The molecule has 1 aromatic rings. The third kappa shape index (κ3) is 3.21. The number of rotatable bonds is 4. The SMILES string of the molecule is NNC(Cc1cccs1)C1CCCCS1. The van der Waals surface area contributed by atoms with Crippen LogP contribution in [0.25, 0.3) is 0 Å². The molecule has 1 aliphatic heterocycles. The van der Waals surface area contributed by atoms with Gasteiger partial charge in [-0.3, -0.25) is 11.3 Å². The Morgan fingerprint density at radius 2 is 2.47 bits per heavy atom. The van der Waals surface area contributed by atoms with Crippen LogP contribution in [0.15, 0.2) is 17.5 Å². The average Bonchev–Trinajstić information content (AvgIpc) is 2.80. The number of nitrogens with two attached hydrogens (primary N) is 1. The Balaban J connectivity index is 1.91. The van der Waals surface area contributed by atoms with Crippen LogP contribution in [-0.4, -0.2) is 17.0 Å². The fourth-order valence-electron chi connectivity index (χ4n) is 2.03. The van der Waals surface area contributed by atoms with Crippen LogP contribution in [0.1, 0.15) is 24.1 Å². The van der Waals surface area contributed by atoms with Gasteiger partial charge in [0.2, 0.25) is 0 Å². The van der Waals surface area contributed by atoms with Crippen molar-refractivity contribution in [2.24, 2.45) is 5.84 Å². The Hall–Kier alpha value is -0.0300. The molecule has 3 N–H and O–H groups in total. The van der Waals surface area contributed by atoms with Gasteiger partial charge in [-0.2, -0.15) is 11.8 Å². The van der Waals surface area contributed by atoms with Crippen molar-refractivity contribution < 1.29 is 0 Å². The van der Waals surface area contributed by atoms with E-state index in [1.165, 1.54) is 29.9 Å². The van der Waals surface area contributed by atoms with Crippen molar-refractivity contribution in [3.8, 4) is 0 Å². The first-order chi connectivity index (χ1) is 7.40. The molecule has 1 aliphatic rings. The molecule has 1 aromatic heterocycles. The summed E-state index contributed by atoms with van der Waals surface area (Å²) in [6.45, 7) is 0. The summed E-state index contributed by atoms with van der Waals surface area (Å²) in [6, 6.07) is 4.75. The van der Waals surface area contributed by atoms with Gasteiger partial charge in [-0.25, -0.2) is 0 Å². The minimum atomic E-state index is 0.439. The molecule has 1 fully saturated rings. The first-order valence-corrected chi connectivity index (χ1v) is 7.43. The molecule has 84 valence electrons. The number of nitrogens with one attached hydrogen (secondary N) is 1. The predicted molar refractivity (Wildman–Crippen MR) is 69.2 cm³/mol. The van der Waals surface area contributed by atoms with Gasteiger partial charge in [-0.1, -0.05) is 12.5 Å². The second-order valence-corrected chi connectivity index (χ2v) is 6.34. The summed E-state index contributed by atoms with van der Waals surface area (Å²) in [6.07, 6.45) is 5.12. The van der Waals surface area contributed by atoms with Crippen molar-refractivity contribution in [2.75, 3.05) is 5.75 Å². The highest BCUT2D eigenvalue weighted by Crippen LogP contribution is 2.29. The Morgan fingerprint density at radius 1 is 1.53 bits per heavy atom. The van der Waals surface area contributed by atoms with Crippen LogP contribution in [0, 0.1) is 0 Å². The lowest BCUT2D eigenvalue weighted by atomic mass is 10.0. The van der Waals surface area contributed by atoms with E-state index in [-0.39, 0.29) is 0 Å². The zero-order valence-electron chi connectivity index (χ0n) is 8.82. The van der Waals surface area contributed by atoms with Crippen LogP contribution in [0.5, 0.6) is 0 Å². The molecule has 1 saturated heterocycles. The maximum Gasteiger partial charge on any atom is 0.0377 e. The van der Waals surface area contributed by atoms with E-state index < -0.39 is 0 Å². The van der Waals surface area contributed by atoms with Gasteiger partial charge in [0.25, 0.3) is 0 Å². The van der Waals surface area contributed by atoms with Crippen molar-refractivity contribution >= 4 is 23.1 Å². The molecule has 2 atom stereocenters. The van der Waals surface area contributed by atoms with E-state index in [2.05, 4.69) is 34.7 Å². The van der Waals surface area contributed by atoms with Crippen molar-refractivity contribution in [1.29, 1.82) is 0 Å². The zero-order valence-corrected chi connectivity index (χ0v) is 10.4. The molecule has 0 aromatic carbocycles. The normalized spacial score (nSPS) is 23.9. The molecule has 15 heavy (non-hydrogen) atoms. The highest BCUT2D eigenvalue weighted by molar-refractivity contribution is 8.00. The molecule has 2 heterocycles. The molecule has 0 bridgehead atoms. The van der Waals surface area contributed by atoms with Crippen LogP contribution >= 0.6 is 23.1 Å². The summed E-state index contributed by atoms with van der Waals surface area (Å²) in [7, 11) is 0. The van der Waals surface area contributed by atoms with Gasteiger partial charge in [0, 0.05) is 16.2 Å². The van der Waals surface area contributed by atoms with E-state index in [1.807, 2.05) is 11.3 Å². The van der Waals surface area contributed by atoms with Crippen LogP contribution in [-0.2, 0) is 6.42 Å². The van der Waals surface area contributed by atoms with Crippen molar-refractivity contribution in [2.45, 2.75) is 37.0 Å². The molecule has 0 saturated carbocycles. The van der Waals surface area contributed by atoms with E-state index in [0.29, 0.717) is 11.3 Å². The van der Waals surface area contributed by atoms with E-state index >= 15 is 0 Å². The molecule has 0 radical (unpaired) electrons. The van der Waals surface area contributed by atoms with Crippen LogP contribution in [0.3, 0.4) is 0 Å². The van der Waals surface area contributed by atoms with Crippen molar-refractivity contribution in [3.63, 3.8) is 0 Å². The molecular weight excluding hydrogens is 224 g/mol. The second kappa shape index (κ2) is 5.89. The van der Waals surface area contributed by atoms with Crippen LogP contribution < -0.4 is 11.3 Å². The predicted octanol–water partition coefficient (Wildman–Crippen LogP) is 2.41. The standard InChI is InChI=1S/C11H18N2S2/c12-13-10(8-9-4-3-7-14-9)11-5-1-2-6-15-11/h3-4,7,10-11,13H,1-2,5-6,8,12H2. The maximum atomic E-state index is 5.66. The Labute approximate surface area is 99.6 Å². The lowest BCUT2D eigenvalue weighted by Gasteiger charge is -2.29. The highest BCUT2D eigenvalue weighted by atomic mass is 32.2. The monoisotopic (exact) mass is 242 g/mol. The summed E-state index contributed by atoms with van der Waals surface area (Å²) >= 11 is 3.91. The van der Waals surface area contributed by atoms with E-state index in [4.69, 9.17) is 5.84 Å². The number of hydrogen-bond donors (Lipinski definition) is 2. The van der Waals surface area contributed by atoms with Gasteiger partial charge in [-0.15, -0.1) is 11.3 Å². The smallest absolute Gasteiger partial charge is 0.0377 e. The molecule has 4 heteroatoms. The van der Waals surface area contributed by atoms with Crippen LogP contribution in [0.2, 0.25) is 0 Å². The van der Waals surface area contributed by atoms with Gasteiger partial charge >= 0.3 is 0 Å². The first-order valence-electron chi connectivity index (χ1n) is 5.50. The third-order valence-corrected chi connectivity index (χ3v) is 5.29. The molecule has 0 spiro atoms. The van der Waals surface area contributed by atoms with Crippen molar-refractivity contribution in [3.05, 3.63) is 22.4 Å². The van der Waals surface area contributed by atoms with Gasteiger partial charge < -0.3 is 0 Å². The summed E-state index contributed by atoms with van der Waals surface area (Å²) in [5.74, 6) is 6.96. The quantitative estimate of drug-likeness (QED) is 0.629. The topological polar surface area (TPSA) is 38.0 Å². The third-order valence-electron chi connectivity index (χ3n) is 2.88. The fourth-order valence-corrected chi connectivity index (χ4v) is 4.20. The number of hydrogen-bond acceptors (Lipinski definition) is 4. The minimum absolute atomic E-state index is 0.439. The molecule has 2 unspecified atom stereocenters. The average molecular weight is 242 g/mol. The molecule has 0 amide bonds. The lowest BCUT2D eigenvalue weighted by molar-refractivity contribution is 0.474. The zero-order chi connectivity index (χ0) is 10.5. The maximum absolute atomic E-state index is 5.66. The molecule has 2 rings (SSSR count). The number of thiophene rings is 1. The van der Waals surface area contributed by atoms with E-state index in [1.54, 1.807) is 0 Å². The summed E-state index contributed by atoms with van der Waals surface area (Å²) in [5.41, 5.74) is 3.00. The minimum Gasteiger partial charge on any atom is -0.271 e. The van der Waals surface area contributed by atoms with E-state index in [0.717, 1.165) is 6.42 Å². The number of thioether (sulfide) groups is 1. The Bertz CT molecular complexity index is 268. The van der Waals surface area contributed by atoms with Gasteiger partial charge in [0.15, 0.2) is 0 Å².